The van der Waals surface area contributed by atoms with Gasteiger partial charge in [-0.05, 0) is 43.5 Å². The molecule has 1 aliphatic rings. The van der Waals surface area contributed by atoms with Crippen LogP contribution in [-0.2, 0) is 10.0 Å². The van der Waals surface area contributed by atoms with Crippen molar-refractivity contribution in [1.82, 2.24) is 14.6 Å². The molecule has 28 heavy (non-hydrogen) atoms. The summed E-state index contributed by atoms with van der Waals surface area (Å²) in [4.78, 5) is 18.9. The first-order valence-electron chi connectivity index (χ1n) is 8.97. The maximum atomic E-state index is 12.9. The molecular weight excluding hydrogens is 446 g/mol. The van der Waals surface area contributed by atoms with Crippen molar-refractivity contribution >= 4 is 31.9 Å². The van der Waals surface area contributed by atoms with Gasteiger partial charge < -0.3 is 9.64 Å². The molecule has 1 aromatic carbocycles. The van der Waals surface area contributed by atoms with Gasteiger partial charge in [-0.25, -0.2) is 18.1 Å². The molecule has 1 unspecified atom stereocenters. The van der Waals surface area contributed by atoms with Crippen LogP contribution in [0.1, 0.15) is 29.6 Å². The highest BCUT2D eigenvalue weighted by Gasteiger charge is 2.28. The fourth-order valence-corrected chi connectivity index (χ4v) is 3.99. The number of amides is 1. The van der Waals surface area contributed by atoms with E-state index in [-0.39, 0.29) is 18.5 Å². The van der Waals surface area contributed by atoms with Crippen LogP contribution in [0.5, 0.6) is 11.6 Å². The van der Waals surface area contributed by atoms with Crippen LogP contribution in [0.25, 0.3) is 0 Å². The minimum atomic E-state index is -3.30. The smallest absolute Gasteiger partial charge is 0.255 e. The summed E-state index contributed by atoms with van der Waals surface area (Å²) in [6, 6.07) is 10.6. The van der Waals surface area contributed by atoms with Gasteiger partial charge in [-0.1, -0.05) is 22.0 Å². The molecule has 0 bridgehead atoms. The zero-order valence-corrected chi connectivity index (χ0v) is 17.9. The monoisotopic (exact) mass is 467 g/mol. The van der Waals surface area contributed by atoms with Crippen LogP contribution >= 0.6 is 15.9 Å². The Balaban J connectivity index is 1.68. The molecule has 1 aromatic heterocycles. The van der Waals surface area contributed by atoms with E-state index in [4.69, 9.17) is 4.74 Å². The largest absolute Gasteiger partial charge is 0.439 e. The predicted octanol–water partition coefficient (Wildman–Crippen LogP) is 3.18. The Labute approximate surface area is 173 Å². The van der Waals surface area contributed by atoms with Crippen LogP contribution in [0.4, 0.5) is 0 Å². The van der Waals surface area contributed by atoms with E-state index in [2.05, 4.69) is 25.6 Å². The third-order valence-electron chi connectivity index (χ3n) is 4.47. The van der Waals surface area contributed by atoms with Crippen molar-refractivity contribution in [1.29, 1.82) is 0 Å². The lowest BCUT2D eigenvalue weighted by molar-refractivity contribution is 0.0618. The molecule has 1 N–H and O–H groups in total. The van der Waals surface area contributed by atoms with E-state index >= 15 is 0 Å². The van der Waals surface area contributed by atoms with Gasteiger partial charge in [0.2, 0.25) is 15.9 Å². The van der Waals surface area contributed by atoms with E-state index in [0.717, 1.165) is 30.0 Å². The van der Waals surface area contributed by atoms with E-state index in [0.29, 0.717) is 23.7 Å². The number of aromatic nitrogens is 1. The molecular formula is C19H22BrN3O4S. The normalized spacial score (nSPS) is 17.4. The molecule has 150 valence electrons. The van der Waals surface area contributed by atoms with Gasteiger partial charge in [0.05, 0.1) is 11.8 Å². The first kappa shape index (κ1) is 20.8. The highest BCUT2D eigenvalue weighted by Crippen LogP contribution is 2.24. The van der Waals surface area contributed by atoms with E-state index in [1.807, 2.05) is 24.3 Å². The predicted molar refractivity (Wildman–Crippen MR) is 110 cm³/mol. The summed E-state index contributed by atoms with van der Waals surface area (Å²) in [6.07, 6.45) is 5.25. The molecule has 0 radical (unpaired) electrons. The van der Waals surface area contributed by atoms with Gasteiger partial charge in [0, 0.05) is 35.9 Å². The molecule has 2 aromatic rings. The van der Waals surface area contributed by atoms with E-state index in [1.54, 1.807) is 17.0 Å². The molecule has 1 aliphatic heterocycles. The van der Waals surface area contributed by atoms with Crippen molar-refractivity contribution in [2.45, 2.75) is 25.3 Å². The number of pyridine rings is 1. The Morgan fingerprint density at radius 3 is 2.82 bits per heavy atom. The van der Waals surface area contributed by atoms with Gasteiger partial charge in [-0.3, -0.25) is 4.79 Å². The Bertz CT molecular complexity index is 934. The minimum absolute atomic E-state index is 0.151. The molecule has 7 nitrogen and oxygen atoms in total. The van der Waals surface area contributed by atoms with E-state index in [9.17, 15) is 13.2 Å². The molecule has 1 saturated heterocycles. The molecule has 9 heteroatoms. The molecule has 0 spiro atoms. The molecule has 0 aliphatic carbocycles. The summed E-state index contributed by atoms with van der Waals surface area (Å²) in [5.41, 5.74) is 0.452. The van der Waals surface area contributed by atoms with E-state index in [1.165, 1.54) is 6.20 Å². The number of hydrogen-bond donors (Lipinski definition) is 1. The Morgan fingerprint density at radius 2 is 2.14 bits per heavy atom. The number of sulfonamides is 1. The summed E-state index contributed by atoms with van der Waals surface area (Å²) >= 11 is 3.39. The first-order chi connectivity index (χ1) is 13.3. The quantitative estimate of drug-likeness (QED) is 0.704. The van der Waals surface area contributed by atoms with Gasteiger partial charge in [-0.15, -0.1) is 0 Å². The van der Waals surface area contributed by atoms with Crippen LogP contribution in [-0.4, -0.2) is 49.6 Å². The number of rotatable bonds is 6. The number of benzene rings is 1. The van der Waals surface area contributed by atoms with Crippen LogP contribution in [0, 0.1) is 0 Å². The van der Waals surface area contributed by atoms with Crippen molar-refractivity contribution in [2.24, 2.45) is 0 Å². The third-order valence-corrected chi connectivity index (χ3v) is 5.66. The lowest BCUT2D eigenvalue weighted by atomic mass is 10.0. The highest BCUT2D eigenvalue weighted by atomic mass is 79.9. The maximum Gasteiger partial charge on any atom is 0.255 e. The van der Waals surface area contributed by atoms with Gasteiger partial charge in [0.15, 0.2) is 0 Å². The summed E-state index contributed by atoms with van der Waals surface area (Å²) in [7, 11) is -3.30. The molecule has 1 fully saturated rings. The number of likely N-dealkylation sites (tertiary alicyclic amines) is 1. The number of nitrogens with one attached hydrogen (secondary N) is 1. The zero-order chi connectivity index (χ0) is 20.1. The second-order valence-electron chi connectivity index (χ2n) is 6.71. The summed E-state index contributed by atoms with van der Waals surface area (Å²) in [5.74, 6) is 0.883. The fraction of sp³-hybridized carbons (Fsp3) is 0.368. The Morgan fingerprint density at radius 1 is 1.32 bits per heavy atom. The molecule has 3 rings (SSSR count). The van der Waals surface area contributed by atoms with Crippen LogP contribution in [0.3, 0.4) is 0 Å². The summed E-state index contributed by atoms with van der Waals surface area (Å²) < 4.78 is 31.9. The standard InChI is InChI=1S/C19H22BrN3O4S/c1-28(25,26)22-13-16-6-2-3-10-23(16)19(24)14-8-9-18(21-12-14)27-17-7-4-5-15(20)11-17/h4-5,7-9,11-12,16,22H,2-3,6,10,13H2,1H3. The molecule has 0 saturated carbocycles. The second kappa shape index (κ2) is 9.02. The lowest BCUT2D eigenvalue weighted by Crippen LogP contribution is -2.49. The van der Waals surface area contributed by atoms with Crippen LogP contribution in [0.15, 0.2) is 47.1 Å². The number of nitrogens with zero attached hydrogens (tertiary/aromatic N) is 2. The van der Waals surface area contributed by atoms with Crippen molar-refractivity contribution in [3.05, 3.63) is 52.6 Å². The average molecular weight is 468 g/mol. The maximum absolute atomic E-state index is 12.9. The number of ether oxygens (including phenoxy) is 1. The van der Waals surface area contributed by atoms with Crippen molar-refractivity contribution < 1.29 is 17.9 Å². The van der Waals surface area contributed by atoms with Gasteiger partial charge in [-0.2, -0.15) is 0 Å². The number of hydrogen-bond acceptors (Lipinski definition) is 5. The lowest BCUT2D eigenvalue weighted by Gasteiger charge is -2.35. The zero-order valence-electron chi connectivity index (χ0n) is 15.5. The van der Waals surface area contributed by atoms with Crippen LogP contribution < -0.4 is 9.46 Å². The minimum Gasteiger partial charge on any atom is -0.439 e. The fourth-order valence-electron chi connectivity index (χ4n) is 3.11. The number of carbonyl (C=O) groups is 1. The van der Waals surface area contributed by atoms with Crippen molar-refractivity contribution in [3.63, 3.8) is 0 Å². The number of halogens is 1. The van der Waals surface area contributed by atoms with Gasteiger partial charge >= 0.3 is 0 Å². The van der Waals surface area contributed by atoms with Crippen molar-refractivity contribution in [2.75, 3.05) is 19.3 Å². The third kappa shape index (κ3) is 5.76. The Kier molecular flexibility index (Phi) is 6.69. The van der Waals surface area contributed by atoms with Crippen LogP contribution in [0.2, 0.25) is 0 Å². The summed E-state index contributed by atoms with van der Waals surface area (Å²) in [5, 5.41) is 0. The summed E-state index contributed by atoms with van der Waals surface area (Å²) in [6.45, 7) is 0.827. The second-order valence-corrected chi connectivity index (χ2v) is 9.46. The SMILES string of the molecule is CS(=O)(=O)NCC1CCCCN1C(=O)c1ccc(Oc2cccc(Br)c2)nc1. The van der Waals surface area contributed by atoms with Gasteiger partial charge in [0.25, 0.3) is 5.91 Å². The molecule has 1 amide bonds. The van der Waals surface area contributed by atoms with Crippen molar-refractivity contribution in [3.8, 4) is 11.6 Å². The topological polar surface area (TPSA) is 88.6 Å². The number of carbonyl (C=O) groups excluding carboxylic acids is 1. The Hall–Kier alpha value is -1.97. The molecule has 2 heterocycles. The van der Waals surface area contributed by atoms with Gasteiger partial charge in [0.1, 0.15) is 5.75 Å². The van der Waals surface area contributed by atoms with E-state index < -0.39 is 10.0 Å². The molecule has 1 atom stereocenters. The highest BCUT2D eigenvalue weighted by molar-refractivity contribution is 9.10. The first-order valence-corrected chi connectivity index (χ1v) is 11.7. The average Bonchev–Trinajstić information content (AvgIpc) is 2.66. The number of piperidine rings is 1.